The van der Waals surface area contributed by atoms with Crippen LogP contribution >= 0.6 is 11.6 Å². The molecule has 0 unspecified atom stereocenters. The van der Waals surface area contributed by atoms with Crippen molar-refractivity contribution in [2.75, 3.05) is 20.2 Å². The largest absolute Gasteiger partial charge is 0.492 e. The smallest absolute Gasteiger partial charge is 0.191 e. The van der Waals surface area contributed by atoms with Gasteiger partial charge in [-0.05, 0) is 32.0 Å². The van der Waals surface area contributed by atoms with E-state index in [0.717, 1.165) is 11.7 Å². The minimum Gasteiger partial charge on any atom is -0.492 e. The number of hydrogen-bond donors (Lipinski definition) is 2. The third-order valence-electron chi connectivity index (χ3n) is 2.11. The zero-order chi connectivity index (χ0) is 13.4. The Hall–Kier alpha value is -1.42. The molecule has 0 aliphatic heterocycles. The second-order valence-electron chi connectivity index (χ2n) is 4.10. The zero-order valence-electron chi connectivity index (χ0n) is 11.0. The minimum atomic E-state index is 0.352. The van der Waals surface area contributed by atoms with E-state index in [1.54, 1.807) is 13.1 Å². The summed E-state index contributed by atoms with van der Waals surface area (Å²) in [5, 5.41) is 7.04. The summed E-state index contributed by atoms with van der Waals surface area (Å²) in [5.41, 5.74) is 0. The van der Waals surface area contributed by atoms with E-state index in [4.69, 9.17) is 16.3 Å². The van der Waals surface area contributed by atoms with Crippen LogP contribution in [-0.4, -0.2) is 32.2 Å². The Morgan fingerprint density at radius 3 is 2.83 bits per heavy atom. The fraction of sp³-hybridized carbons (Fsp3) is 0.462. The molecule has 2 N–H and O–H groups in total. The van der Waals surface area contributed by atoms with Gasteiger partial charge in [0.1, 0.15) is 12.4 Å². The fourth-order valence-electron chi connectivity index (χ4n) is 1.36. The topological polar surface area (TPSA) is 45.7 Å². The van der Waals surface area contributed by atoms with Gasteiger partial charge in [-0.2, -0.15) is 0 Å². The van der Waals surface area contributed by atoms with Crippen LogP contribution in [0.2, 0.25) is 5.02 Å². The lowest BCUT2D eigenvalue weighted by Gasteiger charge is -2.14. The summed E-state index contributed by atoms with van der Waals surface area (Å²) in [7, 11) is 1.75. The molecular weight excluding hydrogens is 250 g/mol. The molecule has 1 aromatic rings. The van der Waals surface area contributed by atoms with Crippen molar-refractivity contribution in [1.82, 2.24) is 10.6 Å². The van der Waals surface area contributed by atoms with Gasteiger partial charge in [0.2, 0.25) is 0 Å². The molecule has 0 radical (unpaired) electrons. The maximum atomic E-state index is 5.86. The number of rotatable bonds is 5. The average Bonchev–Trinajstić information content (AvgIpc) is 2.32. The summed E-state index contributed by atoms with van der Waals surface area (Å²) in [6.07, 6.45) is 0. The molecule has 1 rings (SSSR count). The van der Waals surface area contributed by atoms with Gasteiger partial charge in [-0.3, -0.25) is 4.99 Å². The highest BCUT2D eigenvalue weighted by Crippen LogP contribution is 2.16. The van der Waals surface area contributed by atoms with E-state index in [9.17, 15) is 0 Å². The van der Waals surface area contributed by atoms with Gasteiger partial charge in [-0.25, -0.2) is 0 Å². The number of hydrogen-bond acceptors (Lipinski definition) is 2. The van der Waals surface area contributed by atoms with Crippen molar-refractivity contribution in [2.24, 2.45) is 4.99 Å². The number of benzene rings is 1. The van der Waals surface area contributed by atoms with Gasteiger partial charge in [0.05, 0.1) is 6.54 Å². The first-order chi connectivity index (χ1) is 8.61. The van der Waals surface area contributed by atoms with Crippen molar-refractivity contribution in [1.29, 1.82) is 0 Å². The van der Waals surface area contributed by atoms with Crippen LogP contribution in [-0.2, 0) is 0 Å². The highest BCUT2D eigenvalue weighted by Gasteiger charge is 1.99. The van der Waals surface area contributed by atoms with Crippen LogP contribution in [0.4, 0.5) is 0 Å². The summed E-state index contributed by atoms with van der Waals surface area (Å²) >= 11 is 5.86. The standard InChI is InChI=1S/C13H20ClN3O/c1-10(2)17-13(15-3)16-7-8-18-12-6-4-5-11(14)9-12/h4-6,9-10H,7-8H2,1-3H3,(H2,15,16,17). The van der Waals surface area contributed by atoms with E-state index >= 15 is 0 Å². The lowest BCUT2D eigenvalue weighted by atomic mass is 10.3. The van der Waals surface area contributed by atoms with Crippen LogP contribution in [0.25, 0.3) is 0 Å². The van der Waals surface area contributed by atoms with Gasteiger partial charge in [0, 0.05) is 18.1 Å². The molecule has 0 atom stereocenters. The van der Waals surface area contributed by atoms with Crippen molar-refractivity contribution in [3.63, 3.8) is 0 Å². The quantitative estimate of drug-likeness (QED) is 0.490. The Balaban J connectivity index is 2.26. The fourth-order valence-corrected chi connectivity index (χ4v) is 1.54. The molecule has 0 saturated heterocycles. The maximum Gasteiger partial charge on any atom is 0.191 e. The first kappa shape index (κ1) is 14.6. The molecule has 0 amide bonds. The van der Waals surface area contributed by atoms with Crippen molar-refractivity contribution in [2.45, 2.75) is 19.9 Å². The summed E-state index contributed by atoms with van der Waals surface area (Å²) in [4.78, 5) is 4.10. The van der Waals surface area contributed by atoms with Crippen molar-refractivity contribution in [3.05, 3.63) is 29.3 Å². The normalized spacial score (nSPS) is 11.5. The minimum absolute atomic E-state index is 0.352. The number of aliphatic imine (C=N–C) groups is 1. The van der Waals surface area contributed by atoms with Crippen LogP contribution < -0.4 is 15.4 Å². The number of guanidine groups is 1. The Morgan fingerprint density at radius 2 is 2.22 bits per heavy atom. The molecule has 0 aliphatic rings. The molecular formula is C13H20ClN3O. The summed E-state index contributed by atoms with van der Waals surface area (Å²) in [6, 6.07) is 7.71. The van der Waals surface area contributed by atoms with E-state index in [2.05, 4.69) is 29.5 Å². The lowest BCUT2D eigenvalue weighted by Crippen LogP contribution is -2.42. The maximum absolute atomic E-state index is 5.86. The molecule has 0 bridgehead atoms. The van der Waals surface area contributed by atoms with Crippen LogP contribution in [0.5, 0.6) is 5.75 Å². The zero-order valence-corrected chi connectivity index (χ0v) is 11.8. The van der Waals surface area contributed by atoms with Crippen LogP contribution in [0.15, 0.2) is 29.3 Å². The number of nitrogens with zero attached hydrogens (tertiary/aromatic N) is 1. The van der Waals surface area contributed by atoms with Gasteiger partial charge in [0.15, 0.2) is 5.96 Å². The number of ether oxygens (including phenoxy) is 1. The lowest BCUT2D eigenvalue weighted by molar-refractivity contribution is 0.322. The summed E-state index contributed by atoms with van der Waals surface area (Å²) in [6.45, 7) is 5.36. The predicted molar refractivity (Wildman–Crippen MR) is 76.6 cm³/mol. The van der Waals surface area contributed by atoms with Gasteiger partial charge in [0.25, 0.3) is 0 Å². The molecule has 4 nitrogen and oxygen atoms in total. The van der Waals surface area contributed by atoms with E-state index in [1.807, 2.05) is 18.2 Å². The third-order valence-corrected chi connectivity index (χ3v) is 2.34. The highest BCUT2D eigenvalue weighted by atomic mass is 35.5. The average molecular weight is 270 g/mol. The monoisotopic (exact) mass is 269 g/mol. The molecule has 0 heterocycles. The van der Waals surface area contributed by atoms with Crippen LogP contribution in [0.1, 0.15) is 13.8 Å². The molecule has 0 aromatic heterocycles. The van der Waals surface area contributed by atoms with Crippen molar-refractivity contribution in [3.8, 4) is 5.75 Å². The van der Waals surface area contributed by atoms with E-state index < -0.39 is 0 Å². The Bertz CT molecular complexity index is 394. The Labute approximate surface area is 113 Å². The third kappa shape index (κ3) is 5.77. The molecule has 0 saturated carbocycles. The van der Waals surface area contributed by atoms with E-state index in [-0.39, 0.29) is 0 Å². The van der Waals surface area contributed by atoms with Gasteiger partial charge in [-0.1, -0.05) is 17.7 Å². The molecule has 18 heavy (non-hydrogen) atoms. The Morgan fingerprint density at radius 1 is 1.44 bits per heavy atom. The molecule has 100 valence electrons. The van der Waals surface area contributed by atoms with Gasteiger partial charge in [-0.15, -0.1) is 0 Å². The number of halogens is 1. The van der Waals surface area contributed by atoms with Gasteiger partial charge >= 0.3 is 0 Å². The van der Waals surface area contributed by atoms with Crippen LogP contribution in [0, 0.1) is 0 Å². The predicted octanol–water partition coefficient (Wildman–Crippen LogP) is 2.29. The molecule has 0 fully saturated rings. The second kappa shape index (κ2) is 7.82. The van der Waals surface area contributed by atoms with Crippen molar-refractivity contribution < 1.29 is 4.74 Å². The Kier molecular flexibility index (Phi) is 6.36. The first-order valence-electron chi connectivity index (χ1n) is 5.97. The molecule has 0 aliphatic carbocycles. The molecule has 0 spiro atoms. The van der Waals surface area contributed by atoms with E-state index in [0.29, 0.717) is 24.2 Å². The highest BCUT2D eigenvalue weighted by molar-refractivity contribution is 6.30. The summed E-state index contributed by atoms with van der Waals surface area (Å²) < 4.78 is 5.56. The first-order valence-corrected chi connectivity index (χ1v) is 6.35. The number of nitrogens with one attached hydrogen (secondary N) is 2. The van der Waals surface area contributed by atoms with Crippen LogP contribution in [0.3, 0.4) is 0 Å². The van der Waals surface area contributed by atoms with Gasteiger partial charge < -0.3 is 15.4 Å². The molecule has 5 heteroatoms. The summed E-state index contributed by atoms with van der Waals surface area (Å²) in [5.74, 6) is 1.55. The SMILES string of the molecule is CN=C(NCCOc1cccc(Cl)c1)NC(C)C. The van der Waals surface area contributed by atoms with Crippen molar-refractivity contribution >= 4 is 17.6 Å². The second-order valence-corrected chi connectivity index (χ2v) is 4.54. The van der Waals surface area contributed by atoms with E-state index in [1.165, 1.54) is 0 Å². The molecule has 1 aromatic carbocycles.